The minimum absolute atomic E-state index is 0.0258. The summed E-state index contributed by atoms with van der Waals surface area (Å²) in [6.07, 6.45) is 1.83. The molecule has 2 fully saturated rings. The van der Waals surface area contributed by atoms with Gasteiger partial charge in [0.1, 0.15) is 6.04 Å². The molecule has 7 heteroatoms. The fourth-order valence-electron chi connectivity index (χ4n) is 3.32. The van der Waals surface area contributed by atoms with Crippen LogP contribution in [0.15, 0.2) is 24.3 Å². The highest BCUT2D eigenvalue weighted by Crippen LogP contribution is 2.28. The summed E-state index contributed by atoms with van der Waals surface area (Å²) in [5.41, 5.74) is 0.640. The summed E-state index contributed by atoms with van der Waals surface area (Å²) in [5.74, 6) is -0.207. The first-order valence-corrected chi connectivity index (χ1v) is 9.41. The van der Waals surface area contributed by atoms with Crippen molar-refractivity contribution in [3.8, 4) is 0 Å². The summed E-state index contributed by atoms with van der Waals surface area (Å²) >= 11 is 5.92. The van der Waals surface area contributed by atoms with Crippen LogP contribution in [-0.4, -0.2) is 48.7 Å². The molecule has 2 aliphatic rings. The van der Waals surface area contributed by atoms with E-state index in [1.54, 1.807) is 31.2 Å². The maximum Gasteiger partial charge on any atom is 0.241 e. The van der Waals surface area contributed by atoms with E-state index in [1.165, 1.54) is 4.31 Å². The largest absolute Gasteiger partial charge is 0.337 e. The lowest BCUT2D eigenvalue weighted by Gasteiger charge is -2.40. The van der Waals surface area contributed by atoms with Crippen LogP contribution in [0.25, 0.3) is 0 Å². The smallest absolute Gasteiger partial charge is 0.241 e. The zero-order valence-corrected chi connectivity index (χ0v) is 14.0. The van der Waals surface area contributed by atoms with Crippen LogP contribution in [0, 0.1) is 0 Å². The standard InChI is InChI=1S/C15H19ClN2O3S/c1-11-15(19)17-7-3-6-14(17)9-18(11)22(20,21)10-12-4-2-5-13(16)8-12/h2,4-5,8,11,14H,3,6-7,9-10H2,1H3/t11-,14-/m1/s1. The van der Waals surface area contributed by atoms with E-state index in [2.05, 4.69) is 0 Å². The number of benzene rings is 1. The molecular formula is C15H19ClN2O3S. The molecule has 0 aliphatic carbocycles. The van der Waals surface area contributed by atoms with Crippen LogP contribution in [0.2, 0.25) is 5.02 Å². The summed E-state index contributed by atoms with van der Waals surface area (Å²) in [5, 5.41) is 0.512. The second-order valence-corrected chi connectivity index (χ2v) is 8.32. The van der Waals surface area contributed by atoms with Crippen molar-refractivity contribution in [2.24, 2.45) is 0 Å². The van der Waals surface area contributed by atoms with Gasteiger partial charge in [-0.2, -0.15) is 4.31 Å². The third-order valence-corrected chi connectivity index (χ3v) is 6.55. The van der Waals surface area contributed by atoms with E-state index in [0.29, 0.717) is 17.1 Å². The predicted molar refractivity (Wildman–Crippen MR) is 85.0 cm³/mol. The van der Waals surface area contributed by atoms with Crippen LogP contribution in [-0.2, 0) is 20.6 Å². The summed E-state index contributed by atoms with van der Waals surface area (Å²) in [6, 6.07) is 6.23. The van der Waals surface area contributed by atoms with Crippen LogP contribution >= 0.6 is 11.6 Å². The van der Waals surface area contributed by atoms with Gasteiger partial charge in [-0.05, 0) is 37.5 Å². The molecule has 0 unspecified atom stereocenters. The lowest BCUT2D eigenvalue weighted by molar-refractivity contribution is -0.139. The Hall–Kier alpha value is -1.11. The minimum Gasteiger partial charge on any atom is -0.337 e. The Kier molecular flexibility index (Phi) is 4.18. The SMILES string of the molecule is C[C@@H]1C(=O)N2CCC[C@@H]2CN1S(=O)(=O)Cc1cccc(Cl)c1. The summed E-state index contributed by atoms with van der Waals surface area (Å²) in [6.45, 7) is 2.82. The number of sulfonamides is 1. The number of halogens is 1. The molecule has 0 saturated carbocycles. The molecule has 2 atom stereocenters. The fraction of sp³-hybridized carbons (Fsp3) is 0.533. The Morgan fingerprint density at radius 3 is 2.86 bits per heavy atom. The Labute approximate surface area is 135 Å². The van der Waals surface area contributed by atoms with Crippen molar-refractivity contribution in [2.45, 2.75) is 37.6 Å². The summed E-state index contributed by atoms with van der Waals surface area (Å²) in [7, 11) is -3.55. The predicted octanol–water partition coefficient (Wildman–Crippen LogP) is 1.86. The maximum atomic E-state index is 12.7. The van der Waals surface area contributed by atoms with E-state index >= 15 is 0 Å². The van der Waals surface area contributed by atoms with Gasteiger partial charge in [0.2, 0.25) is 15.9 Å². The number of nitrogens with zero attached hydrogens (tertiary/aromatic N) is 2. The van der Waals surface area contributed by atoms with Gasteiger partial charge >= 0.3 is 0 Å². The Balaban J connectivity index is 1.83. The molecule has 120 valence electrons. The number of rotatable bonds is 3. The molecule has 1 amide bonds. The number of piperazine rings is 1. The average Bonchev–Trinajstić information content (AvgIpc) is 2.90. The molecule has 2 heterocycles. The van der Waals surface area contributed by atoms with E-state index in [0.717, 1.165) is 19.4 Å². The molecule has 2 saturated heterocycles. The highest BCUT2D eigenvalue weighted by atomic mass is 35.5. The van der Waals surface area contributed by atoms with Gasteiger partial charge in [0, 0.05) is 24.2 Å². The van der Waals surface area contributed by atoms with E-state index in [4.69, 9.17) is 11.6 Å². The van der Waals surface area contributed by atoms with Crippen LogP contribution < -0.4 is 0 Å². The Morgan fingerprint density at radius 1 is 1.36 bits per heavy atom. The first-order chi connectivity index (χ1) is 10.4. The number of carbonyl (C=O) groups is 1. The average molecular weight is 343 g/mol. The molecule has 0 radical (unpaired) electrons. The van der Waals surface area contributed by atoms with E-state index in [1.807, 2.05) is 4.90 Å². The van der Waals surface area contributed by atoms with Crippen LogP contribution in [0.1, 0.15) is 25.3 Å². The quantitative estimate of drug-likeness (QED) is 0.842. The molecule has 5 nitrogen and oxygen atoms in total. The second kappa shape index (κ2) is 5.83. The second-order valence-electron chi connectivity index (χ2n) is 5.96. The lowest BCUT2D eigenvalue weighted by atomic mass is 10.1. The van der Waals surface area contributed by atoms with Crippen molar-refractivity contribution in [3.05, 3.63) is 34.9 Å². The highest BCUT2D eigenvalue weighted by Gasteiger charge is 2.44. The van der Waals surface area contributed by atoms with Gasteiger partial charge in [0.05, 0.1) is 5.75 Å². The van der Waals surface area contributed by atoms with E-state index in [9.17, 15) is 13.2 Å². The molecule has 1 aromatic rings. The van der Waals surface area contributed by atoms with Crippen molar-refractivity contribution in [3.63, 3.8) is 0 Å². The molecular weight excluding hydrogens is 324 g/mol. The van der Waals surface area contributed by atoms with E-state index < -0.39 is 16.1 Å². The third-order valence-electron chi connectivity index (χ3n) is 4.44. The van der Waals surface area contributed by atoms with Gasteiger partial charge in [0.25, 0.3) is 0 Å². The third kappa shape index (κ3) is 2.87. The highest BCUT2D eigenvalue weighted by molar-refractivity contribution is 7.88. The Bertz CT molecular complexity index is 692. The van der Waals surface area contributed by atoms with Crippen molar-refractivity contribution in [1.29, 1.82) is 0 Å². The zero-order valence-electron chi connectivity index (χ0n) is 12.4. The molecule has 2 aliphatic heterocycles. The molecule has 0 aromatic heterocycles. The Morgan fingerprint density at radius 2 is 2.14 bits per heavy atom. The first-order valence-electron chi connectivity index (χ1n) is 7.43. The van der Waals surface area contributed by atoms with Gasteiger partial charge in [-0.15, -0.1) is 0 Å². The van der Waals surface area contributed by atoms with Crippen molar-refractivity contribution in [1.82, 2.24) is 9.21 Å². The van der Waals surface area contributed by atoms with Crippen molar-refractivity contribution >= 4 is 27.5 Å². The fourth-order valence-corrected chi connectivity index (χ4v) is 5.27. The van der Waals surface area contributed by atoms with E-state index in [-0.39, 0.29) is 17.7 Å². The van der Waals surface area contributed by atoms with Gasteiger partial charge in [-0.25, -0.2) is 8.42 Å². The van der Waals surface area contributed by atoms with Gasteiger partial charge in [0.15, 0.2) is 0 Å². The molecule has 22 heavy (non-hydrogen) atoms. The van der Waals surface area contributed by atoms with Gasteiger partial charge in [-0.1, -0.05) is 23.7 Å². The van der Waals surface area contributed by atoms with Crippen LogP contribution in [0.3, 0.4) is 0 Å². The normalized spacial score (nSPS) is 26.3. The number of amides is 1. The number of hydrogen-bond donors (Lipinski definition) is 0. The summed E-state index contributed by atoms with van der Waals surface area (Å²) in [4.78, 5) is 14.2. The molecule has 3 rings (SSSR count). The number of fused-ring (bicyclic) bond motifs is 1. The number of hydrogen-bond acceptors (Lipinski definition) is 3. The van der Waals surface area contributed by atoms with Crippen LogP contribution in [0.4, 0.5) is 0 Å². The van der Waals surface area contributed by atoms with Crippen LogP contribution in [0.5, 0.6) is 0 Å². The molecule has 0 spiro atoms. The lowest BCUT2D eigenvalue weighted by Crippen LogP contribution is -2.60. The molecule has 0 bridgehead atoms. The molecule has 1 aromatic carbocycles. The number of carbonyl (C=O) groups excluding carboxylic acids is 1. The maximum absolute atomic E-state index is 12.7. The zero-order chi connectivity index (χ0) is 15.9. The minimum atomic E-state index is -3.55. The first kappa shape index (κ1) is 15.8. The molecule has 0 N–H and O–H groups in total. The monoisotopic (exact) mass is 342 g/mol. The van der Waals surface area contributed by atoms with Gasteiger partial charge in [-0.3, -0.25) is 4.79 Å². The summed E-state index contributed by atoms with van der Waals surface area (Å²) < 4.78 is 26.8. The van der Waals surface area contributed by atoms with Crippen molar-refractivity contribution in [2.75, 3.05) is 13.1 Å². The van der Waals surface area contributed by atoms with Gasteiger partial charge < -0.3 is 4.90 Å². The topological polar surface area (TPSA) is 57.7 Å². The van der Waals surface area contributed by atoms with Crippen molar-refractivity contribution < 1.29 is 13.2 Å².